The van der Waals surface area contributed by atoms with Crippen molar-refractivity contribution in [1.82, 2.24) is 9.21 Å². The molecule has 0 fully saturated rings. The van der Waals surface area contributed by atoms with Gasteiger partial charge in [0.1, 0.15) is 0 Å². The molecule has 0 bridgehead atoms. The summed E-state index contributed by atoms with van der Waals surface area (Å²) in [7, 11) is 0.162. The fraction of sp³-hybridized carbons (Fsp3) is 0.500. The predicted octanol–water partition coefficient (Wildman–Crippen LogP) is 0.625. The molecular formula is C16H25N3O5S. The van der Waals surface area contributed by atoms with Crippen molar-refractivity contribution in [1.29, 1.82) is 0 Å². The first-order valence-corrected chi connectivity index (χ1v) is 9.65. The van der Waals surface area contributed by atoms with Crippen LogP contribution >= 0.6 is 0 Å². The standard InChI is InChI=1S/C16H25N3O5S/c1-5-24-16(21)13-6-8-14(9-7-13)17-15(20)12-19(25(4,22)23)11-10-18(2)3/h6-9H,5,10-12H2,1-4H3,(H,17,20). The Kier molecular flexibility index (Phi) is 8.01. The number of hydrogen-bond donors (Lipinski definition) is 1. The van der Waals surface area contributed by atoms with Crippen LogP contribution in [-0.2, 0) is 19.6 Å². The molecule has 9 heteroatoms. The number of esters is 1. The Hall–Kier alpha value is -1.97. The van der Waals surface area contributed by atoms with Crippen molar-refractivity contribution in [2.24, 2.45) is 0 Å². The van der Waals surface area contributed by atoms with Gasteiger partial charge in [-0.2, -0.15) is 4.31 Å². The van der Waals surface area contributed by atoms with E-state index < -0.39 is 21.9 Å². The molecule has 0 heterocycles. The fourth-order valence-corrected chi connectivity index (χ4v) is 2.70. The van der Waals surface area contributed by atoms with Gasteiger partial charge in [-0.05, 0) is 45.3 Å². The van der Waals surface area contributed by atoms with Gasteiger partial charge in [0.2, 0.25) is 15.9 Å². The second kappa shape index (κ2) is 9.50. The van der Waals surface area contributed by atoms with Crippen molar-refractivity contribution in [3.05, 3.63) is 29.8 Å². The van der Waals surface area contributed by atoms with Crippen LogP contribution in [0.1, 0.15) is 17.3 Å². The number of carbonyl (C=O) groups excluding carboxylic acids is 2. The summed E-state index contributed by atoms with van der Waals surface area (Å²) in [6.45, 7) is 2.46. The molecule has 1 aromatic carbocycles. The molecule has 0 radical (unpaired) electrons. The Balaban J connectivity index is 2.69. The molecule has 0 atom stereocenters. The third kappa shape index (κ3) is 7.63. The Labute approximate surface area is 148 Å². The zero-order valence-electron chi connectivity index (χ0n) is 15.0. The number of ether oxygens (including phenoxy) is 1. The summed E-state index contributed by atoms with van der Waals surface area (Å²) < 4.78 is 29.6. The third-order valence-electron chi connectivity index (χ3n) is 3.27. The summed E-state index contributed by atoms with van der Waals surface area (Å²) in [5.41, 5.74) is 0.850. The van der Waals surface area contributed by atoms with Crippen LogP contribution in [0.25, 0.3) is 0 Å². The molecule has 1 aromatic rings. The maximum Gasteiger partial charge on any atom is 0.338 e. The average molecular weight is 371 g/mol. The van der Waals surface area contributed by atoms with Gasteiger partial charge in [-0.15, -0.1) is 0 Å². The first kappa shape index (κ1) is 21.1. The maximum atomic E-state index is 12.1. The Morgan fingerprint density at radius 1 is 1.12 bits per heavy atom. The zero-order valence-corrected chi connectivity index (χ0v) is 15.8. The minimum Gasteiger partial charge on any atom is -0.462 e. The molecule has 0 aliphatic heterocycles. The van der Waals surface area contributed by atoms with Gasteiger partial charge in [-0.3, -0.25) is 4.79 Å². The second-order valence-electron chi connectivity index (χ2n) is 5.75. The highest BCUT2D eigenvalue weighted by atomic mass is 32.2. The molecule has 0 aliphatic rings. The van der Waals surface area contributed by atoms with Crippen LogP contribution in [0.3, 0.4) is 0 Å². The van der Waals surface area contributed by atoms with Crippen molar-refractivity contribution in [3.8, 4) is 0 Å². The first-order valence-electron chi connectivity index (χ1n) is 7.80. The second-order valence-corrected chi connectivity index (χ2v) is 7.73. The van der Waals surface area contributed by atoms with Crippen LogP contribution in [0.15, 0.2) is 24.3 Å². The summed E-state index contributed by atoms with van der Waals surface area (Å²) >= 11 is 0. The molecule has 0 saturated heterocycles. The Bertz CT molecular complexity index is 686. The summed E-state index contributed by atoms with van der Waals surface area (Å²) in [5, 5.41) is 2.62. The van der Waals surface area contributed by atoms with Crippen molar-refractivity contribution >= 4 is 27.6 Å². The van der Waals surface area contributed by atoms with Crippen LogP contribution in [-0.4, -0.2) is 76.1 Å². The molecule has 0 spiro atoms. The van der Waals surface area contributed by atoms with Crippen molar-refractivity contribution in [2.75, 3.05) is 51.9 Å². The topological polar surface area (TPSA) is 96.0 Å². The number of nitrogens with zero attached hydrogens (tertiary/aromatic N) is 2. The van der Waals surface area contributed by atoms with Gasteiger partial charge in [-0.1, -0.05) is 0 Å². The molecule has 0 saturated carbocycles. The van der Waals surface area contributed by atoms with Crippen molar-refractivity contribution in [2.45, 2.75) is 6.92 Å². The molecule has 0 aliphatic carbocycles. The molecule has 0 aromatic heterocycles. The van der Waals surface area contributed by atoms with Gasteiger partial charge in [-0.25, -0.2) is 13.2 Å². The number of carbonyl (C=O) groups is 2. The van der Waals surface area contributed by atoms with E-state index in [4.69, 9.17) is 4.74 Å². The average Bonchev–Trinajstić information content (AvgIpc) is 2.51. The number of likely N-dealkylation sites (N-methyl/N-ethyl adjacent to an activating group) is 1. The lowest BCUT2D eigenvalue weighted by Crippen LogP contribution is -2.41. The number of hydrogen-bond acceptors (Lipinski definition) is 6. The minimum absolute atomic E-state index is 0.223. The van der Waals surface area contributed by atoms with Crippen LogP contribution in [0, 0.1) is 0 Å². The quantitative estimate of drug-likeness (QED) is 0.640. The van der Waals surface area contributed by atoms with E-state index in [-0.39, 0.29) is 19.7 Å². The van der Waals surface area contributed by atoms with Crippen molar-refractivity contribution in [3.63, 3.8) is 0 Å². The number of sulfonamides is 1. The summed E-state index contributed by atoms with van der Waals surface area (Å²) in [4.78, 5) is 25.5. The van der Waals surface area contributed by atoms with E-state index in [1.807, 2.05) is 19.0 Å². The van der Waals surface area contributed by atoms with E-state index in [1.54, 1.807) is 19.1 Å². The van der Waals surface area contributed by atoms with Gasteiger partial charge in [0.15, 0.2) is 0 Å². The maximum absolute atomic E-state index is 12.1. The molecule has 25 heavy (non-hydrogen) atoms. The summed E-state index contributed by atoms with van der Waals surface area (Å²) in [6.07, 6.45) is 1.07. The lowest BCUT2D eigenvalue weighted by molar-refractivity contribution is -0.116. The zero-order chi connectivity index (χ0) is 19.0. The van der Waals surface area contributed by atoms with E-state index in [0.717, 1.165) is 10.6 Å². The van der Waals surface area contributed by atoms with Gasteiger partial charge in [0, 0.05) is 18.8 Å². The Morgan fingerprint density at radius 3 is 2.20 bits per heavy atom. The van der Waals surface area contributed by atoms with E-state index in [1.165, 1.54) is 12.1 Å². The number of benzene rings is 1. The summed E-state index contributed by atoms with van der Waals surface area (Å²) in [5.74, 6) is -0.889. The van der Waals surface area contributed by atoms with E-state index in [9.17, 15) is 18.0 Å². The van der Waals surface area contributed by atoms with E-state index in [0.29, 0.717) is 17.8 Å². The number of amides is 1. The van der Waals surface area contributed by atoms with E-state index >= 15 is 0 Å². The van der Waals surface area contributed by atoms with Crippen LogP contribution in [0.5, 0.6) is 0 Å². The molecule has 140 valence electrons. The fourth-order valence-electron chi connectivity index (χ4n) is 1.94. The smallest absolute Gasteiger partial charge is 0.338 e. The first-order chi connectivity index (χ1) is 11.6. The lowest BCUT2D eigenvalue weighted by atomic mass is 10.2. The highest BCUT2D eigenvalue weighted by molar-refractivity contribution is 7.88. The molecule has 1 N–H and O–H groups in total. The largest absolute Gasteiger partial charge is 0.462 e. The molecule has 0 unspecified atom stereocenters. The van der Waals surface area contributed by atoms with E-state index in [2.05, 4.69) is 5.32 Å². The van der Waals surface area contributed by atoms with Crippen LogP contribution in [0.4, 0.5) is 5.69 Å². The molecular weight excluding hydrogens is 346 g/mol. The molecule has 8 nitrogen and oxygen atoms in total. The molecule has 1 rings (SSSR count). The van der Waals surface area contributed by atoms with Crippen molar-refractivity contribution < 1.29 is 22.7 Å². The van der Waals surface area contributed by atoms with Gasteiger partial charge in [0.25, 0.3) is 0 Å². The van der Waals surface area contributed by atoms with Gasteiger partial charge < -0.3 is 15.0 Å². The van der Waals surface area contributed by atoms with Gasteiger partial charge >= 0.3 is 5.97 Å². The Morgan fingerprint density at radius 2 is 1.72 bits per heavy atom. The SMILES string of the molecule is CCOC(=O)c1ccc(NC(=O)CN(CCN(C)C)S(C)(=O)=O)cc1. The summed E-state index contributed by atoms with van der Waals surface area (Å²) in [6, 6.07) is 6.20. The highest BCUT2D eigenvalue weighted by Gasteiger charge is 2.20. The predicted molar refractivity (Wildman–Crippen MR) is 96.0 cm³/mol. The lowest BCUT2D eigenvalue weighted by Gasteiger charge is -2.21. The monoisotopic (exact) mass is 371 g/mol. The number of nitrogens with one attached hydrogen (secondary N) is 1. The normalized spacial score (nSPS) is 11.6. The molecule has 1 amide bonds. The number of rotatable bonds is 9. The highest BCUT2D eigenvalue weighted by Crippen LogP contribution is 2.11. The van der Waals surface area contributed by atoms with Crippen LogP contribution in [0.2, 0.25) is 0 Å². The minimum atomic E-state index is -3.49. The van der Waals surface area contributed by atoms with Gasteiger partial charge in [0.05, 0.1) is 25.0 Å². The third-order valence-corrected chi connectivity index (χ3v) is 4.52. The van der Waals surface area contributed by atoms with Crippen LogP contribution < -0.4 is 5.32 Å². The number of anilines is 1.